The highest BCUT2D eigenvalue weighted by atomic mass is 32.2. The third-order valence-corrected chi connectivity index (χ3v) is 3.63. The lowest BCUT2D eigenvalue weighted by atomic mass is 10.2. The van der Waals surface area contributed by atoms with Crippen molar-refractivity contribution in [2.45, 2.75) is 17.7 Å². The summed E-state index contributed by atoms with van der Waals surface area (Å²) in [5.74, 6) is 2.12. The van der Waals surface area contributed by atoms with Crippen molar-refractivity contribution >= 4 is 23.5 Å². The molecule has 0 radical (unpaired) electrons. The normalized spacial score (nSPS) is 18.2. The highest BCUT2D eigenvalue weighted by Gasteiger charge is 2.26. The molecule has 0 N–H and O–H groups in total. The molecule has 0 saturated carbocycles. The minimum Gasteiger partial charge on any atom is -0.497 e. The number of nitrogens with zero attached hydrogens (tertiary/aromatic N) is 2. The molecule has 0 aliphatic carbocycles. The third kappa shape index (κ3) is 1.40. The maximum Gasteiger partial charge on any atom is 0.120 e. The summed E-state index contributed by atoms with van der Waals surface area (Å²) in [5, 5.41) is 0. The van der Waals surface area contributed by atoms with Crippen LogP contribution < -0.4 is 9.64 Å². The Balaban J connectivity index is 2.05. The summed E-state index contributed by atoms with van der Waals surface area (Å²) >= 11 is 1.56. The second kappa shape index (κ2) is 3.45. The lowest BCUT2D eigenvalue weighted by Crippen LogP contribution is -2.26. The van der Waals surface area contributed by atoms with E-state index in [1.54, 1.807) is 19.1 Å². The molecule has 0 aromatic heterocycles. The van der Waals surface area contributed by atoms with Gasteiger partial charge in [-0.15, -0.1) is 0 Å². The van der Waals surface area contributed by atoms with Crippen LogP contribution in [0.5, 0.6) is 5.75 Å². The van der Waals surface area contributed by atoms with Crippen LogP contribution >= 0.6 is 11.9 Å². The van der Waals surface area contributed by atoms with Crippen LogP contribution in [-0.2, 0) is 0 Å². The lowest BCUT2D eigenvalue weighted by Gasteiger charge is -2.25. The van der Waals surface area contributed by atoms with E-state index in [-0.39, 0.29) is 0 Å². The largest absolute Gasteiger partial charge is 0.497 e. The molecule has 3 nitrogen and oxygen atoms in total. The van der Waals surface area contributed by atoms with Gasteiger partial charge in [0.05, 0.1) is 17.7 Å². The first-order valence-electron chi connectivity index (χ1n) is 5.08. The van der Waals surface area contributed by atoms with Crippen molar-refractivity contribution in [1.29, 1.82) is 0 Å². The van der Waals surface area contributed by atoms with Crippen LogP contribution in [0.2, 0.25) is 0 Å². The first-order chi connectivity index (χ1) is 7.38. The Bertz CT molecular complexity index is 431. The fourth-order valence-corrected chi connectivity index (χ4v) is 2.87. The van der Waals surface area contributed by atoms with Gasteiger partial charge in [0.15, 0.2) is 0 Å². The molecule has 15 heavy (non-hydrogen) atoms. The molecular formula is C11H12N2OS. The molecule has 0 unspecified atom stereocenters. The zero-order chi connectivity index (χ0) is 10.3. The van der Waals surface area contributed by atoms with Crippen molar-refractivity contribution in [3.63, 3.8) is 0 Å². The molecular weight excluding hydrogens is 208 g/mol. The van der Waals surface area contributed by atoms with Gasteiger partial charge >= 0.3 is 0 Å². The van der Waals surface area contributed by atoms with Gasteiger partial charge in [-0.25, -0.2) is 0 Å². The highest BCUT2D eigenvalue weighted by molar-refractivity contribution is 7.98. The monoisotopic (exact) mass is 220 g/mol. The molecule has 1 aromatic rings. The Kier molecular flexibility index (Phi) is 2.09. The number of methoxy groups -OCH3 is 1. The first-order valence-corrected chi connectivity index (χ1v) is 5.85. The minimum absolute atomic E-state index is 0.902. The van der Waals surface area contributed by atoms with Crippen LogP contribution in [0.4, 0.5) is 5.69 Å². The van der Waals surface area contributed by atoms with E-state index in [4.69, 9.17) is 4.74 Å². The Morgan fingerprint density at radius 3 is 3.27 bits per heavy atom. The Morgan fingerprint density at radius 2 is 2.40 bits per heavy atom. The van der Waals surface area contributed by atoms with Crippen molar-refractivity contribution in [2.24, 2.45) is 4.40 Å². The van der Waals surface area contributed by atoms with E-state index in [0.717, 1.165) is 18.7 Å². The van der Waals surface area contributed by atoms with Crippen molar-refractivity contribution in [3.8, 4) is 5.75 Å². The maximum atomic E-state index is 5.21. The topological polar surface area (TPSA) is 24.8 Å². The predicted molar refractivity (Wildman–Crippen MR) is 62.9 cm³/mol. The molecule has 2 aliphatic heterocycles. The number of hydrogen-bond acceptors (Lipinski definition) is 4. The number of rotatable bonds is 1. The molecule has 1 fully saturated rings. The number of ether oxygens (including phenoxy) is 1. The van der Waals surface area contributed by atoms with Crippen LogP contribution in [0.15, 0.2) is 27.5 Å². The van der Waals surface area contributed by atoms with E-state index in [2.05, 4.69) is 21.4 Å². The van der Waals surface area contributed by atoms with Crippen LogP contribution in [0.3, 0.4) is 0 Å². The maximum absolute atomic E-state index is 5.21. The average Bonchev–Trinajstić information content (AvgIpc) is 2.76. The van der Waals surface area contributed by atoms with E-state index in [0.29, 0.717) is 0 Å². The number of anilines is 1. The van der Waals surface area contributed by atoms with Crippen molar-refractivity contribution in [1.82, 2.24) is 0 Å². The fraction of sp³-hybridized carbons (Fsp3) is 0.364. The van der Waals surface area contributed by atoms with E-state index in [9.17, 15) is 0 Å². The smallest absolute Gasteiger partial charge is 0.120 e. The van der Waals surface area contributed by atoms with Crippen LogP contribution in [-0.4, -0.2) is 19.5 Å². The molecule has 78 valence electrons. The Labute approximate surface area is 93.3 Å². The second-order valence-electron chi connectivity index (χ2n) is 3.69. The molecule has 2 heterocycles. The van der Waals surface area contributed by atoms with Crippen LogP contribution in [0.1, 0.15) is 12.8 Å². The fourth-order valence-electron chi connectivity index (χ4n) is 2.03. The molecule has 0 spiro atoms. The molecule has 2 aliphatic rings. The van der Waals surface area contributed by atoms with Gasteiger partial charge in [0.1, 0.15) is 11.6 Å². The molecule has 1 aromatic carbocycles. The third-order valence-electron chi connectivity index (χ3n) is 2.80. The summed E-state index contributed by atoms with van der Waals surface area (Å²) in [6.07, 6.45) is 2.32. The van der Waals surface area contributed by atoms with E-state index < -0.39 is 0 Å². The molecule has 3 rings (SSSR count). The molecule has 1 saturated heterocycles. The summed E-state index contributed by atoms with van der Waals surface area (Å²) in [5.41, 5.74) is 1.28. The number of hydrogen-bond donors (Lipinski definition) is 0. The molecule has 0 atom stereocenters. The molecule has 0 bridgehead atoms. The summed E-state index contributed by atoms with van der Waals surface area (Å²) in [6, 6.07) is 6.19. The lowest BCUT2D eigenvalue weighted by molar-refractivity contribution is 0.413. The van der Waals surface area contributed by atoms with E-state index >= 15 is 0 Å². The SMILES string of the molecule is COc1ccc2c(c1)SN=C1CCCN12. The summed E-state index contributed by atoms with van der Waals surface area (Å²) < 4.78 is 9.72. The van der Waals surface area contributed by atoms with Gasteiger partial charge in [-0.1, -0.05) is 0 Å². The minimum atomic E-state index is 0.902. The van der Waals surface area contributed by atoms with Crippen molar-refractivity contribution in [2.75, 3.05) is 18.6 Å². The molecule has 4 heteroatoms. The van der Waals surface area contributed by atoms with Gasteiger partial charge in [0, 0.05) is 24.9 Å². The quantitative estimate of drug-likeness (QED) is 0.680. The van der Waals surface area contributed by atoms with Gasteiger partial charge < -0.3 is 9.64 Å². The summed E-state index contributed by atoms with van der Waals surface area (Å²) in [6.45, 7) is 1.10. The van der Waals surface area contributed by atoms with E-state index in [1.807, 2.05) is 6.07 Å². The van der Waals surface area contributed by atoms with Gasteiger partial charge in [-0.2, -0.15) is 4.40 Å². The Morgan fingerprint density at radius 1 is 1.47 bits per heavy atom. The number of fused-ring (bicyclic) bond motifs is 3. The zero-order valence-corrected chi connectivity index (χ0v) is 9.38. The number of benzene rings is 1. The standard InChI is InChI=1S/C11H12N2OS/c1-14-8-4-5-9-10(7-8)15-12-11-3-2-6-13(9)11/h4-5,7H,2-3,6H2,1H3. The van der Waals surface area contributed by atoms with Gasteiger partial charge in [-0.3, -0.25) is 0 Å². The van der Waals surface area contributed by atoms with E-state index in [1.165, 1.54) is 22.8 Å². The molecule has 0 amide bonds. The van der Waals surface area contributed by atoms with Gasteiger partial charge in [0.25, 0.3) is 0 Å². The predicted octanol–water partition coefficient (Wildman–Crippen LogP) is 2.71. The van der Waals surface area contributed by atoms with Crippen molar-refractivity contribution in [3.05, 3.63) is 18.2 Å². The van der Waals surface area contributed by atoms with Crippen LogP contribution in [0, 0.1) is 0 Å². The average molecular weight is 220 g/mol. The van der Waals surface area contributed by atoms with Gasteiger partial charge in [0.2, 0.25) is 0 Å². The summed E-state index contributed by atoms with van der Waals surface area (Å²) in [4.78, 5) is 3.51. The zero-order valence-electron chi connectivity index (χ0n) is 8.56. The number of amidine groups is 1. The highest BCUT2D eigenvalue weighted by Crippen LogP contribution is 2.40. The first kappa shape index (κ1) is 9.09. The second-order valence-corrected chi connectivity index (χ2v) is 4.49. The van der Waals surface area contributed by atoms with Gasteiger partial charge in [-0.05, 0) is 24.6 Å². The summed E-state index contributed by atoms with van der Waals surface area (Å²) in [7, 11) is 1.69. The Hall–Kier alpha value is -1.16. The van der Waals surface area contributed by atoms with Crippen molar-refractivity contribution < 1.29 is 4.74 Å². The van der Waals surface area contributed by atoms with Crippen LogP contribution in [0.25, 0.3) is 0 Å².